The number of amides is 1. The molecule has 22 heavy (non-hydrogen) atoms. The highest BCUT2D eigenvalue weighted by Gasteiger charge is 2.26. The van der Waals surface area contributed by atoms with Crippen molar-refractivity contribution in [2.24, 2.45) is 0 Å². The summed E-state index contributed by atoms with van der Waals surface area (Å²) in [6.07, 6.45) is 3.56. The van der Waals surface area contributed by atoms with Crippen molar-refractivity contribution >= 4 is 5.91 Å². The Morgan fingerprint density at radius 1 is 1.32 bits per heavy atom. The van der Waals surface area contributed by atoms with Gasteiger partial charge in [0.05, 0.1) is 19.6 Å². The summed E-state index contributed by atoms with van der Waals surface area (Å²) in [5.74, 6) is 0.536. The van der Waals surface area contributed by atoms with E-state index in [4.69, 9.17) is 9.47 Å². The second-order valence-corrected chi connectivity index (χ2v) is 5.27. The third-order valence-corrected chi connectivity index (χ3v) is 3.65. The Morgan fingerprint density at radius 3 is 3.00 bits per heavy atom. The van der Waals surface area contributed by atoms with Crippen molar-refractivity contribution < 1.29 is 14.3 Å². The lowest BCUT2D eigenvalue weighted by Crippen LogP contribution is -2.40. The summed E-state index contributed by atoms with van der Waals surface area (Å²) in [4.78, 5) is 18.2. The average Bonchev–Trinajstić information content (AvgIpc) is 2.87. The lowest BCUT2D eigenvalue weighted by Gasteiger charge is -2.24. The zero-order chi connectivity index (χ0) is 15.4. The van der Waals surface area contributed by atoms with E-state index >= 15 is 0 Å². The molecule has 0 unspecified atom stereocenters. The fraction of sp³-hybridized carbons (Fsp3) is 0.375. The predicted octanol–water partition coefficient (Wildman–Crippen LogP) is 1.32. The van der Waals surface area contributed by atoms with Gasteiger partial charge >= 0.3 is 0 Å². The first-order valence-corrected chi connectivity index (χ1v) is 7.24. The Bertz CT molecular complexity index is 627. The van der Waals surface area contributed by atoms with Crippen LogP contribution in [0, 0.1) is 0 Å². The van der Waals surface area contributed by atoms with Gasteiger partial charge < -0.3 is 18.9 Å². The molecule has 1 aliphatic rings. The summed E-state index contributed by atoms with van der Waals surface area (Å²) in [7, 11) is 1.53. The van der Waals surface area contributed by atoms with Crippen LogP contribution in [0.5, 0.6) is 5.88 Å². The average molecular weight is 301 g/mol. The molecule has 0 aromatic carbocycles. The maximum absolute atomic E-state index is 12.2. The number of ether oxygens (including phenoxy) is 2. The molecule has 0 fully saturated rings. The van der Waals surface area contributed by atoms with E-state index in [1.165, 1.54) is 7.11 Å². The molecule has 1 amide bonds. The van der Waals surface area contributed by atoms with E-state index in [0.29, 0.717) is 25.5 Å². The van der Waals surface area contributed by atoms with Crippen molar-refractivity contribution in [1.82, 2.24) is 14.5 Å². The molecule has 0 aliphatic carbocycles. The van der Waals surface area contributed by atoms with E-state index in [1.54, 1.807) is 11.1 Å². The normalized spacial score (nSPS) is 17.7. The first-order valence-electron chi connectivity index (χ1n) is 7.24. The summed E-state index contributed by atoms with van der Waals surface area (Å²) >= 11 is 0. The minimum atomic E-state index is -0.149. The van der Waals surface area contributed by atoms with Gasteiger partial charge in [-0.1, -0.05) is 6.07 Å². The maximum Gasteiger partial charge on any atom is 0.249 e. The van der Waals surface area contributed by atoms with Crippen molar-refractivity contribution in [2.75, 3.05) is 20.3 Å². The van der Waals surface area contributed by atoms with E-state index in [9.17, 15) is 4.79 Å². The standard InChI is InChI=1S/C16H19N3O3/c1-21-12-16(20)19-9-13-5-4-8-18(13)10-14(11-19)22-15-6-2-3-7-17-15/h2-8,14H,9-12H2,1H3/t14-/m1/s1. The minimum absolute atomic E-state index is 0.0354. The third-order valence-electron chi connectivity index (χ3n) is 3.65. The molecular formula is C16H19N3O3. The van der Waals surface area contributed by atoms with Crippen LogP contribution < -0.4 is 4.74 Å². The molecular weight excluding hydrogens is 282 g/mol. The first kappa shape index (κ1) is 14.6. The summed E-state index contributed by atoms with van der Waals surface area (Å²) < 4.78 is 13.0. The largest absolute Gasteiger partial charge is 0.471 e. The van der Waals surface area contributed by atoms with Crippen molar-refractivity contribution in [3.05, 3.63) is 48.4 Å². The number of hydrogen-bond acceptors (Lipinski definition) is 4. The summed E-state index contributed by atoms with van der Waals surface area (Å²) in [6.45, 7) is 1.85. The van der Waals surface area contributed by atoms with Gasteiger partial charge in [-0.05, 0) is 18.2 Å². The van der Waals surface area contributed by atoms with Crippen LogP contribution in [0.3, 0.4) is 0 Å². The van der Waals surface area contributed by atoms with Crippen LogP contribution in [0.2, 0.25) is 0 Å². The van der Waals surface area contributed by atoms with Crippen LogP contribution in [-0.4, -0.2) is 46.7 Å². The van der Waals surface area contributed by atoms with Gasteiger partial charge in [-0.3, -0.25) is 4.79 Å². The predicted molar refractivity (Wildman–Crippen MR) is 80.4 cm³/mol. The van der Waals surface area contributed by atoms with Crippen LogP contribution >= 0.6 is 0 Å². The molecule has 116 valence electrons. The van der Waals surface area contributed by atoms with Crippen molar-refractivity contribution in [1.29, 1.82) is 0 Å². The highest BCUT2D eigenvalue weighted by atomic mass is 16.5. The van der Waals surface area contributed by atoms with Gasteiger partial charge in [0.15, 0.2) is 0 Å². The molecule has 6 heteroatoms. The van der Waals surface area contributed by atoms with Crippen LogP contribution in [0.4, 0.5) is 0 Å². The van der Waals surface area contributed by atoms with Gasteiger partial charge in [0.1, 0.15) is 12.7 Å². The van der Waals surface area contributed by atoms with Gasteiger partial charge in [0.25, 0.3) is 0 Å². The van der Waals surface area contributed by atoms with Gasteiger partial charge in [-0.15, -0.1) is 0 Å². The molecule has 3 heterocycles. The van der Waals surface area contributed by atoms with Crippen molar-refractivity contribution in [3.8, 4) is 5.88 Å². The number of carbonyl (C=O) groups excluding carboxylic acids is 1. The molecule has 0 saturated heterocycles. The zero-order valence-electron chi connectivity index (χ0n) is 12.5. The Hall–Kier alpha value is -2.34. The molecule has 0 saturated carbocycles. The molecule has 2 aromatic rings. The number of methoxy groups -OCH3 is 1. The van der Waals surface area contributed by atoms with Gasteiger partial charge in [-0.25, -0.2) is 4.98 Å². The Labute approximate surface area is 129 Å². The molecule has 2 aromatic heterocycles. The Kier molecular flexibility index (Phi) is 4.39. The summed E-state index contributed by atoms with van der Waals surface area (Å²) in [5.41, 5.74) is 1.09. The molecule has 6 nitrogen and oxygen atoms in total. The molecule has 0 N–H and O–H groups in total. The fourth-order valence-corrected chi connectivity index (χ4v) is 2.62. The SMILES string of the molecule is COCC(=O)N1Cc2cccn2C[C@@H](Oc2ccccn2)C1. The summed E-state index contributed by atoms with van der Waals surface area (Å²) in [5, 5.41) is 0. The monoisotopic (exact) mass is 301 g/mol. The molecule has 0 spiro atoms. The highest BCUT2D eigenvalue weighted by Crippen LogP contribution is 2.17. The van der Waals surface area contributed by atoms with E-state index in [1.807, 2.05) is 36.5 Å². The van der Waals surface area contributed by atoms with E-state index in [2.05, 4.69) is 9.55 Å². The van der Waals surface area contributed by atoms with Gasteiger partial charge in [0, 0.05) is 31.3 Å². The second-order valence-electron chi connectivity index (χ2n) is 5.27. The smallest absolute Gasteiger partial charge is 0.249 e. The molecule has 0 radical (unpaired) electrons. The lowest BCUT2D eigenvalue weighted by atomic mass is 10.3. The van der Waals surface area contributed by atoms with E-state index in [0.717, 1.165) is 5.69 Å². The zero-order valence-corrected chi connectivity index (χ0v) is 12.5. The van der Waals surface area contributed by atoms with E-state index in [-0.39, 0.29) is 18.6 Å². The highest BCUT2D eigenvalue weighted by molar-refractivity contribution is 5.77. The van der Waals surface area contributed by atoms with Gasteiger partial charge in [0.2, 0.25) is 11.8 Å². The molecule has 3 rings (SSSR count). The lowest BCUT2D eigenvalue weighted by molar-refractivity contribution is -0.136. The Morgan fingerprint density at radius 2 is 2.23 bits per heavy atom. The molecule has 0 bridgehead atoms. The van der Waals surface area contributed by atoms with E-state index < -0.39 is 0 Å². The Balaban J connectivity index is 1.79. The number of nitrogens with zero attached hydrogens (tertiary/aromatic N) is 3. The van der Waals surface area contributed by atoms with Crippen LogP contribution in [-0.2, 0) is 22.6 Å². The molecule has 1 aliphatic heterocycles. The maximum atomic E-state index is 12.2. The fourth-order valence-electron chi connectivity index (χ4n) is 2.62. The number of fused-ring (bicyclic) bond motifs is 1. The third kappa shape index (κ3) is 3.28. The number of hydrogen-bond donors (Lipinski definition) is 0. The number of rotatable bonds is 4. The first-order chi connectivity index (χ1) is 10.8. The van der Waals surface area contributed by atoms with Crippen LogP contribution in [0.25, 0.3) is 0 Å². The minimum Gasteiger partial charge on any atom is -0.471 e. The topological polar surface area (TPSA) is 56.6 Å². The quantitative estimate of drug-likeness (QED) is 0.854. The van der Waals surface area contributed by atoms with Crippen molar-refractivity contribution in [3.63, 3.8) is 0 Å². The van der Waals surface area contributed by atoms with Crippen LogP contribution in [0.15, 0.2) is 42.7 Å². The second kappa shape index (κ2) is 6.62. The van der Waals surface area contributed by atoms with Crippen molar-refractivity contribution in [2.45, 2.75) is 19.2 Å². The van der Waals surface area contributed by atoms with Gasteiger partial charge in [-0.2, -0.15) is 0 Å². The number of aromatic nitrogens is 2. The number of carbonyl (C=O) groups is 1. The molecule has 1 atom stereocenters. The summed E-state index contributed by atoms with van der Waals surface area (Å²) in [6, 6.07) is 9.56. The number of pyridine rings is 1. The van der Waals surface area contributed by atoms with Crippen LogP contribution in [0.1, 0.15) is 5.69 Å².